The van der Waals surface area contributed by atoms with Crippen LogP contribution < -0.4 is 9.47 Å². The number of ether oxygens (including phenoxy) is 2. The van der Waals surface area contributed by atoms with Crippen molar-refractivity contribution in [2.75, 3.05) is 20.5 Å². The van der Waals surface area contributed by atoms with E-state index in [1.807, 2.05) is 18.2 Å². The van der Waals surface area contributed by atoms with Gasteiger partial charge in [0, 0.05) is 23.3 Å². The van der Waals surface area contributed by atoms with Crippen molar-refractivity contribution >= 4 is 15.5 Å². The maximum absolute atomic E-state index is 11.8. The van der Waals surface area contributed by atoms with E-state index >= 15 is 0 Å². The van der Waals surface area contributed by atoms with Crippen LogP contribution in [0, 0.1) is 0 Å². The minimum atomic E-state index is -3.23. The summed E-state index contributed by atoms with van der Waals surface area (Å²) in [4.78, 5) is 5.42. The fourth-order valence-electron chi connectivity index (χ4n) is 4.36. The summed E-state index contributed by atoms with van der Waals surface area (Å²) in [6, 6.07) is 11.3. The van der Waals surface area contributed by atoms with E-state index in [1.54, 1.807) is 26.4 Å². The van der Waals surface area contributed by atoms with Crippen molar-refractivity contribution in [3.63, 3.8) is 0 Å². The summed E-state index contributed by atoms with van der Waals surface area (Å²) in [7, 11) is 0.0643. The second kappa shape index (κ2) is 7.24. The molecule has 2 aliphatic rings. The smallest absolute Gasteiger partial charge is 0.175 e. The lowest BCUT2D eigenvalue weighted by atomic mass is 9.75. The highest BCUT2D eigenvalue weighted by Crippen LogP contribution is 2.44. The second-order valence-corrected chi connectivity index (χ2v) is 9.54. The molecule has 0 bridgehead atoms. The number of benzene rings is 2. The molecular weight excluding hydrogens is 374 g/mol. The third-order valence-corrected chi connectivity index (χ3v) is 6.92. The summed E-state index contributed by atoms with van der Waals surface area (Å²) < 4.78 is 34.7. The quantitative estimate of drug-likeness (QED) is 0.780. The Labute approximate surface area is 166 Å². The molecule has 4 rings (SSSR count). The molecule has 148 valence electrons. The van der Waals surface area contributed by atoms with Gasteiger partial charge in [-0.15, -0.1) is 0 Å². The average Bonchev–Trinajstić information content (AvgIpc) is 2.71. The molecule has 0 radical (unpaired) electrons. The zero-order valence-electron chi connectivity index (χ0n) is 16.4. The number of hydrogen-bond acceptors (Lipinski definition) is 5. The van der Waals surface area contributed by atoms with Crippen molar-refractivity contribution in [3.05, 3.63) is 53.1 Å². The van der Waals surface area contributed by atoms with E-state index in [1.165, 1.54) is 24.7 Å². The molecule has 1 aliphatic carbocycles. The van der Waals surface area contributed by atoms with Gasteiger partial charge in [-0.05, 0) is 42.7 Å². The van der Waals surface area contributed by atoms with Gasteiger partial charge in [-0.1, -0.05) is 25.0 Å². The maximum atomic E-state index is 11.8. The van der Waals surface area contributed by atoms with E-state index in [-0.39, 0.29) is 6.04 Å². The SMILES string of the molecule is COc1cc2c(cc1OC)C1CCCCC1N=C2c1ccc(S(C)(=O)=O)cc1. The minimum Gasteiger partial charge on any atom is -0.493 e. The number of sulfone groups is 1. The Kier molecular flexibility index (Phi) is 4.91. The van der Waals surface area contributed by atoms with Gasteiger partial charge >= 0.3 is 0 Å². The molecule has 5 nitrogen and oxygen atoms in total. The van der Waals surface area contributed by atoms with Crippen molar-refractivity contribution in [3.8, 4) is 11.5 Å². The first-order valence-corrected chi connectivity index (χ1v) is 11.5. The molecule has 0 spiro atoms. The van der Waals surface area contributed by atoms with Crippen LogP contribution in [0.15, 0.2) is 46.3 Å². The largest absolute Gasteiger partial charge is 0.493 e. The summed E-state index contributed by atoms with van der Waals surface area (Å²) in [5, 5.41) is 0. The van der Waals surface area contributed by atoms with Gasteiger partial charge in [0.1, 0.15) is 0 Å². The molecule has 2 unspecified atom stereocenters. The van der Waals surface area contributed by atoms with E-state index in [2.05, 4.69) is 6.07 Å². The van der Waals surface area contributed by atoms with Crippen LogP contribution in [-0.4, -0.2) is 40.6 Å². The van der Waals surface area contributed by atoms with Crippen LogP contribution in [0.4, 0.5) is 0 Å². The molecular formula is C22H25NO4S. The van der Waals surface area contributed by atoms with Crippen LogP contribution in [0.25, 0.3) is 0 Å². The third kappa shape index (κ3) is 3.30. The Morgan fingerprint density at radius 1 is 0.964 bits per heavy atom. The summed E-state index contributed by atoms with van der Waals surface area (Å²) in [5.74, 6) is 1.80. The molecule has 6 heteroatoms. The number of fused-ring (bicyclic) bond motifs is 3. The zero-order chi connectivity index (χ0) is 19.9. The zero-order valence-corrected chi connectivity index (χ0v) is 17.3. The summed E-state index contributed by atoms with van der Waals surface area (Å²) in [6.45, 7) is 0. The van der Waals surface area contributed by atoms with Gasteiger partial charge in [0.2, 0.25) is 0 Å². The van der Waals surface area contributed by atoms with Crippen LogP contribution in [0.1, 0.15) is 48.3 Å². The lowest BCUT2D eigenvalue weighted by molar-refractivity contribution is 0.349. The van der Waals surface area contributed by atoms with E-state index in [4.69, 9.17) is 14.5 Å². The molecule has 0 N–H and O–H groups in total. The highest BCUT2D eigenvalue weighted by Gasteiger charge is 2.34. The highest BCUT2D eigenvalue weighted by atomic mass is 32.2. The van der Waals surface area contributed by atoms with Gasteiger partial charge in [0.25, 0.3) is 0 Å². The standard InChI is InChI=1S/C22H25NO4S/c1-26-20-12-17-16-6-4-5-7-19(16)23-22(18(17)13-21(20)27-2)14-8-10-15(11-9-14)28(3,24)25/h8-13,16,19H,4-7H2,1-3H3. The van der Waals surface area contributed by atoms with E-state index in [0.717, 1.165) is 35.4 Å². The molecule has 1 heterocycles. The summed E-state index contributed by atoms with van der Waals surface area (Å²) in [5.41, 5.74) is 4.12. The lowest BCUT2D eigenvalue weighted by Crippen LogP contribution is -2.29. The predicted molar refractivity (Wildman–Crippen MR) is 110 cm³/mol. The van der Waals surface area contributed by atoms with Gasteiger partial charge in [-0.2, -0.15) is 0 Å². The van der Waals surface area contributed by atoms with Crippen molar-refractivity contribution in [1.29, 1.82) is 0 Å². The molecule has 0 saturated heterocycles. The van der Waals surface area contributed by atoms with Gasteiger partial charge in [0.15, 0.2) is 21.3 Å². The Morgan fingerprint density at radius 2 is 1.61 bits per heavy atom. The van der Waals surface area contributed by atoms with Crippen LogP contribution in [0.2, 0.25) is 0 Å². The Bertz CT molecular complexity index is 1030. The highest BCUT2D eigenvalue weighted by molar-refractivity contribution is 7.90. The summed E-state index contributed by atoms with van der Waals surface area (Å²) >= 11 is 0. The van der Waals surface area contributed by atoms with E-state index in [0.29, 0.717) is 16.6 Å². The lowest BCUT2D eigenvalue weighted by Gasteiger charge is -2.35. The topological polar surface area (TPSA) is 65.0 Å². The molecule has 0 aromatic heterocycles. The first-order chi connectivity index (χ1) is 13.4. The number of aliphatic imine (C=N–C) groups is 1. The molecule has 1 fully saturated rings. The Balaban J connectivity index is 1.86. The summed E-state index contributed by atoms with van der Waals surface area (Å²) in [6.07, 6.45) is 5.82. The molecule has 2 atom stereocenters. The molecule has 2 aromatic rings. The maximum Gasteiger partial charge on any atom is 0.175 e. The molecule has 2 aromatic carbocycles. The van der Waals surface area contributed by atoms with Crippen LogP contribution in [-0.2, 0) is 9.84 Å². The van der Waals surface area contributed by atoms with Crippen molar-refractivity contribution in [2.45, 2.75) is 42.5 Å². The predicted octanol–water partition coefficient (Wildman–Crippen LogP) is 3.98. The Morgan fingerprint density at radius 3 is 2.25 bits per heavy atom. The van der Waals surface area contributed by atoms with Gasteiger partial charge < -0.3 is 9.47 Å². The normalized spacial score (nSPS) is 21.3. The first kappa shape index (κ1) is 19.0. The average molecular weight is 400 g/mol. The van der Waals surface area contributed by atoms with Crippen LogP contribution in [0.5, 0.6) is 11.5 Å². The number of rotatable bonds is 4. The third-order valence-electron chi connectivity index (χ3n) is 5.79. The fourth-order valence-corrected chi connectivity index (χ4v) is 4.99. The number of hydrogen-bond donors (Lipinski definition) is 0. The van der Waals surface area contributed by atoms with Crippen LogP contribution >= 0.6 is 0 Å². The molecule has 0 amide bonds. The van der Waals surface area contributed by atoms with Crippen molar-refractivity contribution < 1.29 is 17.9 Å². The first-order valence-electron chi connectivity index (χ1n) is 9.57. The number of methoxy groups -OCH3 is 2. The Hall–Kier alpha value is -2.34. The van der Waals surface area contributed by atoms with Gasteiger partial charge in [-0.25, -0.2) is 8.42 Å². The van der Waals surface area contributed by atoms with Crippen molar-refractivity contribution in [2.24, 2.45) is 4.99 Å². The monoisotopic (exact) mass is 399 g/mol. The fraction of sp³-hybridized carbons (Fsp3) is 0.409. The van der Waals surface area contributed by atoms with Crippen LogP contribution in [0.3, 0.4) is 0 Å². The van der Waals surface area contributed by atoms with Gasteiger partial charge in [0.05, 0.1) is 30.9 Å². The molecule has 1 aliphatic heterocycles. The van der Waals surface area contributed by atoms with Crippen molar-refractivity contribution in [1.82, 2.24) is 0 Å². The van der Waals surface area contributed by atoms with E-state index < -0.39 is 9.84 Å². The number of nitrogens with zero attached hydrogens (tertiary/aromatic N) is 1. The molecule has 1 saturated carbocycles. The van der Waals surface area contributed by atoms with Gasteiger partial charge in [-0.3, -0.25) is 4.99 Å². The minimum absolute atomic E-state index is 0.254. The second-order valence-electron chi connectivity index (χ2n) is 7.53. The molecule has 28 heavy (non-hydrogen) atoms. The van der Waals surface area contributed by atoms with E-state index in [9.17, 15) is 8.42 Å².